The Morgan fingerprint density at radius 3 is 2.13 bits per heavy atom. The number of pyridine rings is 2. The summed E-state index contributed by atoms with van der Waals surface area (Å²) in [5.41, 5.74) is -3.87. The second-order valence-electron chi connectivity index (χ2n) is 13.0. The normalized spacial score (nSPS) is 13.0. The van der Waals surface area contributed by atoms with E-state index in [1.165, 1.54) is 61.8 Å². The zero-order chi connectivity index (χ0) is 39.4. The largest absolute Gasteiger partial charge is 0.496 e. The van der Waals surface area contributed by atoms with E-state index in [1.54, 1.807) is 45.2 Å². The zero-order valence-corrected chi connectivity index (χ0v) is 29.7. The van der Waals surface area contributed by atoms with Crippen molar-refractivity contribution in [2.45, 2.75) is 55.8 Å². The Hall–Kier alpha value is -5.46. The molecule has 18 heteroatoms. The number of anilines is 3. The molecule has 3 aromatic heterocycles. The van der Waals surface area contributed by atoms with Crippen molar-refractivity contribution < 1.29 is 49.7 Å². The number of hydrogen-bond donors (Lipinski definition) is 4. The monoisotopic (exact) mass is 774 g/mol. The van der Waals surface area contributed by atoms with Crippen LogP contribution in [0.4, 0.5) is 43.5 Å². The number of alkyl halides is 6. The standard InChI is InChI=1S/C36H32F6N6O5S/c1-20-25(10-11-29-27(20)18-45-48(29)19-34(50,35(37,38)39)36(40,41)42)32-26-16-31(44-17-21(26)13-14-43-32)46-22-5-8-24(9-6-22)54(51,52)47-23-7-12-30(53-4)28(15-23)33(2,3)49/h5-18,47,49-50H,19H2,1-4H3,(H,44,46). The third-order valence-corrected chi connectivity index (χ3v) is 10.3. The number of benzene rings is 3. The first-order chi connectivity index (χ1) is 25.1. The number of nitrogens with one attached hydrogen (secondary N) is 2. The van der Waals surface area contributed by atoms with Crippen LogP contribution in [-0.4, -0.2) is 63.4 Å². The molecule has 11 nitrogen and oxygen atoms in total. The molecule has 0 bridgehead atoms. The molecule has 3 aromatic carbocycles. The molecular weight excluding hydrogens is 742 g/mol. The van der Waals surface area contributed by atoms with Crippen LogP contribution in [0.3, 0.4) is 0 Å². The molecule has 3 heterocycles. The van der Waals surface area contributed by atoms with Gasteiger partial charge in [-0.25, -0.2) is 13.4 Å². The minimum atomic E-state index is -6.01. The molecule has 0 saturated carbocycles. The molecule has 0 aliphatic rings. The molecule has 6 aromatic rings. The van der Waals surface area contributed by atoms with Gasteiger partial charge in [-0.3, -0.25) is 14.4 Å². The Balaban J connectivity index is 1.26. The minimum Gasteiger partial charge on any atom is -0.496 e. The zero-order valence-electron chi connectivity index (χ0n) is 28.9. The number of methoxy groups -OCH3 is 1. The summed E-state index contributed by atoms with van der Waals surface area (Å²) in [6.07, 6.45) is -7.79. The second-order valence-corrected chi connectivity index (χ2v) is 14.7. The predicted octanol–water partition coefficient (Wildman–Crippen LogP) is 7.59. The molecule has 0 aliphatic heterocycles. The lowest BCUT2D eigenvalue weighted by molar-refractivity contribution is -0.372. The maximum Gasteiger partial charge on any atom is 0.428 e. The molecule has 0 unspecified atom stereocenters. The van der Waals surface area contributed by atoms with Gasteiger partial charge in [-0.05, 0) is 87.0 Å². The number of fused-ring (bicyclic) bond motifs is 2. The number of aliphatic hydroxyl groups is 2. The van der Waals surface area contributed by atoms with Gasteiger partial charge >= 0.3 is 12.4 Å². The number of hydrogen-bond acceptors (Lipinski definition) is 9. The molecule has 0 saturated heterocycles. The maximum atomic E-state index is 13.4. The van der Waals surface area contributed by atoms with Crippen LogP contribution in [0.15, 0.2) is 90.2 Å². The van der Waals surface area contributed by atoms with Gasteiger partial charge in [0.25, 0.3) is 15.6 Å². The highest BCUT2D eigenvalue weighted by atomic mass is 32.2. The van der Waals surface area contributed by atoms with E-state index in [0.717, 1.165) is 6.20 Å². The van der Waals surface area contributed by atoms with Gasteiger partial charge in [0.05, 0.1) is 41.6 Å². The van der Waals surface area contributed by atoms with Gasteiger partial charge in [-0.1, -0.05) is 6.07 Å². The number of sulfonamides is 1. The summed E-state index contributed by atoms with van der Waals surface area (Å²) in [4.78, 5) is 8.91. The third-order valence-electron chi connectivity index (χ3n) is 8.86. The summed E-state index contributed by atoms with van der Waals surface area (Å²) < 4.78 is 115. The number of aryl methyl sites for hydroxylation is 1. The van der Waals surface area contributed by atoms with Gasteiger partial charge in [0.1, 0.15) is 11.6 Å². The number of ether oxygens (including phenoxy) is 1. The van der Waals surface area contributed by atoms with Gasteiger partial charge < -0.3 is 20.3 Å². The van der Waals surface area contributed by atoms with Gasteiger partial charge in [-0.2, -0.15) is 31.4 Å². The fourth-order valence-electron chi connectivity index (χ4n) is 5.91. The molecular formula is C36H32F6N6O5S. The predicted molar refractivity (Wildman–Crippen MR) is 189 cm³/mol. The number of rotatable bonds is 10. The molecule has 284 valence electrons. The van der Waals surface area contributed by atoms with E-state index in [1.807, 2.05) is 0 Å². The summed E-state index contributed by atoms with van der Waals surface area (Å²) in [6, 6.07) is 16.6. The highest BCUT2D eigenvalue weighted by Crippen LogP contribution is 2.45. The topological polar surface area (TPSA) is 151 Å². The van der Waals surface area contributed by atoms with E-state index in [9.17, 15) is 45.0 Å². The van der Waals surface area contributed by atoms with Crippen molar-refractivity contribution in [2.75, 3.05) is 17.1 Å². The van der Waals surface area contributed by atoms with Crippen molar-refractivity contribution in [1.82, 2.24) is 19.7 Å². The lowest BCUT2D eigenvalue weighted by Gasteiger charge is -2.32. The van der Waals surface area contributed by atoms with E-state index in [2.05, 4.69) is 25.1 Å². The second kappa shape index (κ2) is 13.4. The van der Waals surface area contributed by atoms with Crippen molar-refractivity contribution in [3.63, 3.8) is 0 Å². The van der Waals surface area contributed by atoms with Gasteiger partial charge in [-0.15, -0.1) is 0 Å². The lowest BCUT2D eigenvalue weighted by atomic mass is 9.97. The molecule has 0 radical (unpaired) electrons. The molecule has 0 spiro atoms. The Bertz CT molecular complexity index is 2470. The Kier molecular flexibility index (Phi) is 9.52. The van der Waals surface area contributed by atoms with Crippen molar-refractivity contribution in [2.24, 2.45) is 0 Å². The van der Waals surface area contributed by atoms with Crippen LogP contribution < -0.4 is 14.8 Å². The smallest absolute Gasteiger partial charge is 0.428 e. The van der Waals surface area contributed by atoms with Gasteiger partial charge in [0.2, 0.25) is 0 Å². The summed E-state index contributed by atoms with van der Waals surface area (Å²) in [5, 5.41) is 28.6. The van der Waals surface area contributed by atoms with Crippen LogP contribution in [0.25, 0.3) is 32.9 Å². The molecule has 0 aliphatic carbocycles. The van der Waals surface area contributed by atoms with Crippen molar-refractivity contribution in [3.05, 3.63) is 96.4 Å². The first kappa shape index (κ1) is 38.3. The fourth-order valence-corrected chi connectivity index (χ4v) is 6.96. The summed E-state index contributed by atoms with van der Waals surface area (Å²) in [5.74, 6) is 0.748. The minimum absolute atomic E-state index is 0.0395. The van der Waals surface area contributed by atoms with Crippen molar-refractivity contribution >= 4 is 48.9 Å². The summed E-state index contributed by atoms with van der Waals surface area (Å²) in [7, 11) is -2.59. The highest BCUT2D eigenvalue weighted by Gasteiger charge is 2.70. The molecule has 0 amide bonds. The van der Waals surface area contributed by atoms with E-state index in [-0.39, 0.29) is 21.5 Å². The molecule has 6 rings (SSSR count). The third kappa shape index (κ3) is 7.11. The number of aromatic nitrogens is 4. The quantitative estimate of drug-likeness (QED) is 0.103. The van der Waals surface area contributed by atoms with Gasteiger partial charge in [0.15, 0.2) is 0 Å². The maximum absolute atomic E-state index is 13.4. The average molecular weight is 775 g/mol. The van der Waals surface area contributed by atoms with Crippen molar-refractivity contribution in [3.8, 4) is 17.0 Å². The van der Waals surface area contributed by atoms with Crippen LogP contribution >= 0.6 is 0 Å². The van der Waals surface area contributed by atoms with Crippen LogP contribution in [0.2, 0.25) is 0 Å². The molecule has 54 heavy (non-hydrogen) atoms. The Morgan fingerprint density at radius 1 is 0.833 bits per heavy atom. The molecule has 0 atom stereocenters. The number of nitrogens with zero attached hydrogens (tertiary/aromatic N) is 4. The number of halogens is 6. The Morgan fingerprint density at radius 2 is 1.50 bits per heavy atom. The van der Waals surface area contributed by atoms with Crippen molar-refractivity contribution in [1.29, 1.82) is 0 Å². The first-order valence-corrected chi connectivity index (χ1v) is 17.5. The van der Waals surface area contributed by atoms with E-state index < -0.39 is 40.1 Å². The van der Waals surface area contributed by atoms with Crippen LogP contribution in [0.5, 0.6) is 5.75 Å². The first-order valence-electron chi connectivity index (χ1n) is 16.0. The van der Waals surface area contributed by atoms with Crippen LogP contribution in [-0.2, 0) is 22.2 Å². The average Bonchev–Trinajstić information content (AvgIpc) is 3.50. The van der Waals surface area contributed by atoms with Crippen LogP contribution in [0, 0.1) is 6.92 Å². The lowest BCUT2D eigenvalue weighted by Crippen LogP contribution is -2.59. The van der Waals surface area contributed by atoms with Gasteiger partial charge in [0, 0.05) is 51.1 Å². The van der Waals surface area contributed by atoms with E-state index >= 15 is 0 Å². The molecule has 0 fully saturated rings. The van der Waals surface area contributed by atoms with E-state index in [4.69, 9.17) is 4.74 Å². The van der Waals surface area contributed by atoms with E-state index in [0.29, 0.717) is 55.1 Å². The SMILES string of the molecule is COc1ccc(NS(=O)(=O)c2ccc(Nc3cc4c(-c5ccc6c(cnn6CC(O)(C(F)(F)F)C(F)(F)F)c5C)nccc4cn3)cc2)cc1C(C)(C)O. The highest BCUT2D eigenvalue weighted by molar-refractivity contribution is 7.92. The summed E-state index contributed by atoms with van der Waals surface area (Å²) >= 11 is 0. The molecule has 4 N–H and O–H groups in total. The summed E-state index contributed by atoms with van der Waals surface area (Å²) in [6.45, 7) is 2.82. The fraction of sp³-hybridized carbons (Fsp3) is 0.250. The van der Waals surface area contributed by atoms with Crippen LogP contribution in [0.1, 0.15) is 25.0 Å². The Labute approximate surface area is 304 Å².